The van der Waals surface area contributed by atoms with Gasteiger partial charge in [0.2, 0.25) is 0 Å². The average Bonchev–Trinajstić information content (AvgIpc) is 2.25. The number of aliphatic hydroxyl groups is 4. The van der Waals surface area contributed by atoms with Crippen molar-refractivity contribution in [1.29, 1.82) is 0 Å². The zero-order valence-electron chi connectivity index (χ0n) is 9.50. The van der Waals surface area contributed by atoms with Crippen molar-refractivity contribution < 1.29 is 25.2 Å². The molecule has 7 heteroatoms. The van der Waals surface area contributed by atoms with E-state index in [4.69, 9.17) is 10.2 Å². The number of carbonyl (C=O) groups is 1. The number of nitrogens with one attached hydrogen (secondary N) is 1. The van der Waals surface area contributed by atoms with Crippen molar-refractivity contribution in [2.45, 2.75) is 25.2 Å². The smallest absolute Gasteiger partial charge is 0.145 e. The van der Waals surface area contributed by atoms with Crippen molar-refractivity contribution >= 4 is 5.78 Å². The van der Waals surface area contributed by atoms with Crippen molar-refractivity contribution in [3.63, 3.8) is 0 Å². The van der Waals surface area contributed by atoms with Crippen LogP contribution in [0.2, 0.25) is 0 Å². The van der Waals surface area contributed by atoms with Gasteiger partial charge in [-0.2, -0.15) is 0 Å². The molecule has 96 valence electrons. The van der Waals surface area contributed by atoms with E-state index >= 15 is 0 Å². The highest BCUT2D eigenvalue weighted by Crippen LogP contribution is 2.01. The number of rotatable bonds is 8. The molecule has 16 heavy (non-hydrogen) atoms. The predicted molar refractivity (Wildman–Crippen MR) is 56.4 cm³/mol. The monoisotopic (exact) mass is 236 g/mol. The van der Waals surface area contributed by atoms with Crippen LogP contribution in [0.4, 0.5) is 0 Å². The topological polar surface area (TPSA) is 113 Å². The Morgan fingerprint density at radius 1 is 1.31 bits per heavy atom. The molecule has 0 rings (SSSR count). The molecule has 0 aromatic rings. The second-order valence-corrected chi connectivity index (χ2v) is 3.61. The van der Waals surface area contributed by atoms with E-state index in [1.54, 1.807) is 7.05 Å². The van der Waals surface area contributed by atoms with E-state index in [-0.39, 0.29) is 18.9 Å². The van der Waals surface area contributed by atoms with Gasteiger partial charge in [-0.3, -0.25) is 10.2 Å². The van der Waals surface area contributed by atoms with Crippen molar-refractivity contribution in [2.24, 2.45) is 0 Å². The predicted octanol–water partition coefficient (Wildman–Crippen LogP) is -2.91. The molecule has 0 saturated heterocycles. The maximum absolute atomic E-state index is 10.8. The summed E-state index contributed by atoms with van der Waals surface area (Å²) in [4.78, 5) is 10.8. The molecule has 0 aliphatic carbocycles. The second-order valence-electron chi connectivity index (χ2n) is 3.61. The Bertz CT molecular complexity index is 214. The molecule has 0 bridgehead atoms. The first kappa shape index (κ1) is 15.4. The number of hydrogen-bond donors (Lipinski definition) is 5. The fourth-order valence-electron chi connectivity index (χ4n) is 1.20. The van der Waals surface area contributed by atoms with Gasteiger partial charge < -0.3 is 20.4 Å². The normalized spacial score (nSPS) is 17.2. The highest BCUT2D eigenvalue weighted by atomic mass is 16.4. The Labute approximate surface area is 94.3 Å². The first-order chi connectivity index (χ1) is 7.42. The standard InChI is InChI=1S/C9H20N2O5/c1-6(13)3-11(10-2)4-7(14)9(16)8(15)5-12/h7-10,12,14-16H,3-5H2,1-2H3. The number of hydrogen-bond acceptors (Lipinski definition) is 7. The van der Waals surface area contributed by atoms with Crippen LogP contribution in [-0.4, -0.2) is 76.3 Å². The molecule has 0 fully saturated rings. The Morgan fingerprint density at radius 3 is 2.25 bits per heavy atom. The van der Waals surface area contributed by atoms with E-state index in [1.807, 2.05) is 0 Å². The van der Waals surface area contributed by atoms with Crippen LogP contribution in [0.15, 0.2) is 0 Å². The molecule has 0 aliphatic heterocycles. The van der Waals surface area contributed by atoms with Gasteiger partial charge in [0.15, 0.2) is 0 Å². The van der Waals surface area contributed by atoms with E-state index in [2.05, 4.69) is 5.43 Å². The molecule has 0 saturated carbocycles. The number of Topliss-reactive ketones (excluding diaryl/α,β-unsaturated/α-hetero) is 1. The van der Waals surface area contributed by atoms with Crippen LogP contribution in [0, 0.1) is 0 Å². The Balaban J connectivity index is 4.18. The maximum atomic E-state index is 10.8. The van der Waals surface area contributed by atoms with Crippen molar-refractivity contribution in [3.8, 4) is 0 Å². The van der Waals surface area contributed by atoms with E-state index in [0.29, 0.717) is 0 Å². The highest BCUT2D eigenvalue weighted by molar-refractivity contribution is 5.77. The van der Waals surface area contributed by atoms with E-state index in [0.717, 1.165) is 0 Å². The van der Waals surface area contributed by atoms with Gasteiger partial charge in [-0.15, -0.1) is 0 Å². The van der Waals surface area contributed by atoms with Crippen molar-refractivity contribution in [1.82, 2.24) is 10.4 Å². The fourth-order valence-corrected chi connectivity index (χ4v) is 1.20. The summed E-state index contributed by atoms with van der Waals surface area (Å²) < 4.78 is 0. The largest absolute Gasteiger partial charge is 0.394 e. The van der Waals surface area contributed by atoms with E-state index < -0.39 is 24.9 Å². The summed E-state index contributed by atoms with van der Waals surface area (Å²) in [7, 11) is 1.57. The zero-order valence-corrected chi connectivity index (χ0v) is 9.50. The quantitative estimate of drug-likeness (QED) is 0.287. The van der Waals surface area contributed by atoms with Crippen molar-refractivity contribution in [2.75, 3.05) is 26.7 Å². The van der Waals surface area contributed by atoms with Gasteiger partial charge in [0, 0.05) is 6.54 Å². The van der Waals surface area contributed by atoms with Crippen LogP contribution in [-0.2, 0) is 4.79 Å². The van der Waals surface area contributed by atoms with Crippen LogP contribution in [0.3, 0.4) is 0 Å². The van der Waals surface area contributed by atoms with E-state index in [9.17, 15) is 15.0 Å². The average molecular weight is 236 g/mol. The highest BCUT2D eigenvalue weighted by Gasteiger charge is 2.25. The first-order valence-electron chi connectivity index (χ1n) is 4.99. The maximum Gasteiger partial charge on any atom is 0.145 e. The third kappa shape index (κ3) is 5.50. The van der Waals surface area contributed by atoms with Gasteiger partial charge >= 0.3 is 0 Å². The number of aliphatic hydroxyl groups excluding tert-OH is 4. The number of hydrazine groups is 1. The SMILES string of the molecule is CNN(CC(C)=O)CC(O)C(O)C(O)CO. The van der Waals surface area contributed by atoms with Gasteiger partial charge in [-0.05, 0) is 14.0 Å². The summed E-state index contributed by atoms with van der Waals surface area (Å²) >= 11 is 0. The van der Waals surface area contributed by atoms with Crippen LogP contribution in [0.5, 0.6) is 0 Å². The minimum Gasteiger partial charge on any atom is -0.394 e. The number of nitrogens with zero attached hydrogens (tertiary/aromatic N) is 1. The summed E-state index contributed by atoms with van der Waals surface area (Å²) in [5.74, 6) is -0.0984. The molecule has 5 N–H and O–H groups in total. The molecule has 0 heterocycles. The molecule has 0 aromatic carbocycles. The molecule has 3 unspecified atom stereocenters. The van der Waals surface area contributed by atoms with Crippen molar-refractivity contribution in [3.05, 3.63) is 0 Å². The third-order valence-electron chi connectivity index (χ3n) is 2.11. The van der Waals surface area contributed by atoms with Gasteiger partial charge in [0.05, 0.1) is 19.3 Å². The Hall–Kier alpha value is -0.570. The number of ketones is 1. The summed E-state index contributed by atoms with van der Waals surface area (Å²) in [5, 5.41) is 38.0. The minimum atomic E-state index is -1.45. The van der Waals surface area contributed by atoms with Crippen LogP contribution in [0.1, 0.15) is 6.92 Å². The fraction of sp³-hybridized carbons (Fsp3) is 0.889. The summed E-state index contributed by atoms with van der Waals surface area (Å²) in [6, 6.07) is 0. The Kier molecular flexibility index (Phi) is 7.39. The van der Waals surface area contributed by atoms with Gasteiger partial charge in [-0.25, -0.2) is 5.01 Å². The molecular weight excluding hydrogens is 216 g/mol. The molecule has 7 nitrogen and oxygen atoms in total. The lowest BCUT2D eigenvalue weighted by molar-refractivity contribution is -0.120. The minimum absolute atomic E-state index is 0.0334. The van der Waals surface area contributed by atoms with Gasteiger partial charge in [0.1, 0.15) is 18.0 Å². The molecule has 0 amide bonds. The number of carbonyl (C=O) groups excluding carboxylic acids is 1. The zero-order chi connectivity index (χ0) is 12.7. The van der Waals surface area contributed by atoms with E-state index in [1.165, 1.54) is 11.9 Å². The summed E-state index contributed by atoms with van der Waals surface area (Å²) in [6.07, 6.45) is -4.10. The molecule has 0 aromatic heterocycles. The van der Waals surface area contributed by atoms with Crippen LogP contribution < -0.4 is 5.43 Å². The molecule has 3 atom stereocenters. The van der Waals surface area contributed by atoms with Gasteiger partial charge in [0.25, 0.3) is 0 Å². The summed E-state index contributed by atoms with van der Waals surface area (Å²) in [5.41, 5.74) is 2.67. The van der Waals surface area contributed by atoms with Crippen LogP contribution >= 0.6 is 0 Å². The van der Waals surface area contributed by atoms with Crippen LogP contribution in [0.25, 0.3) is 0 Å². The Morgan fingerprint density at radius 2 is 1.88 bits per heavy atom. The first-order valence-corrected chi connectivity index (χ1v) is 4.99. The van der Waals surface area contributed by atoms with Gasteiger partial charge in [-0.1, -0.05) is 0 Å². The lowest BCUT2D eigenvalue weighted by Crippen LogP contribution is -2.50. The summed E-state index contributed by atoms with van der Waals surface area (Å²) in [6.45, 7) is 0.810. The molecule has 0 aliphatic rings. The molecule has 0 radical (unpaired) electrons. The third-order valence-corrected chi connectivity index (χ3v) is 2.11. The second kappa shape index (κ2) is 7.66. The lowest BCUT2D eigenvalue weighted by atomic mass is 10.1. The molecular formula is C9H20N2O5. The lowest BCUT2D eigenvalue weighted by Gasteiger charge is -2.27. The molecule has 0 spiro atoms.